The number of aromatic nitrogens is 1. The van der Waals surface area contributed by atoms with E-state index in [1.54, 1.807) is 22.9 Å². The fourth-order valence-electron chi connectivity index (χ4n) is 3.47. The minimum atomic E-state index is 0. The van der Waals surface area contributed by atoms with Crippen molar-refractivity contribution in [2.75, 3.05) is 26.2 Å². The predicted molar refractivity (Wildman–Crippen MR) is 135 cm³/mol. The zero-order valence-corrected chi connectivity index (χ0v) is 20.4. The highest BCUT2D eigenvalue weighted by atomic mass is 127. The second-order valence-electron chi connectivity index (χ2n) is 7.44. The first-order chi connectivity index (χ1) is 14.7. The Bertz CT molecular complexity index is 911. The van der Waals surface area contributed by atoms with Gasteiger partial charge in [-0.25, -0.2) is 4.99 Å². The molecule has 1 aliphatic rings. The molecule has 168 valence electrons. The number of pyridine rings is 1. The number of benzene rings is 1. The molecule has 1 saturated heterocycles. The maximum absolute atomic E-state index is 11.8. The number of aliphatic imine (C=N–C) groups is 1. The molecule has 0 bridgehead atoms. The minimum Gasteiger partial charge on any atom is -0.357 e. The van der Waals surface area contributed by atoms with E-state index in [2.05, 4.69) is 27.8 Å². The average Bonchev–Trinajstić information content (AvgIpc) is 3.16. The Morgan fingerprint density at radius 3 is 2.52 bits per heavy atom. The van der Waals surface area contributed by atoms with Crippen molar-refractivity contribution in [1.29, 1.82) is 0 Å². The Kier molecular flexibility index (Phi) is 10.6. The number of amides is 1. The zero-order chi connectivity index (χ0) is 21.2. The third-order valence-corrected chi connectivity index (χ3v) is 5.11. The quantitative estimate of drug-likeness (QED) is 0.223. The van der Waals surface area contributed by atoms with Crippen LogP contribution >= 0.6 is 24.0 Å². The van der Waals surface area contributed by atoms with Crippen molar-refractivity contribution in [3.63, 3.8) is 0 Å². The van der Waals surface area contributed by atoms with Crippen LogP contribution in [0.15, 0.2) is 58.4 Å². The Morgan fingerprint density at radius 2 is 1.84 bits per heavy atom. The van der Waals surface area contributed by atoms with Crippen molar-refractivity contribution in [2.24, 2.45) is 4.99 Å². The molecule has 3 rings (SSSR count). The van der Waals surface area contributed by atoms with Crippen LogP contribution in [0.5, 0.6) is 0 Å². The largest absolute Gasteiger partial charge is 0.357 e. The first-order valence-corrected chi connectivity index (χ1v) is 10.7. The number of nitrogens with zero attached hydrogens (tertiary/aromatic N) is 3. The van der Waals surface area contributed by atoms with Crippen LogP contribution in [0.25, 0.3) is 0 Å². The van der Waals surface area contributed by atoms with Gasteiger partial charge in [0, 0.05) is 44.9 Å². The number of likely N-dealkylation sites (tertiary alicyclic amines) is 1. The van der Waals surface area contributed by atoms with Crippen molar-refractivity contribution in [3.05, 3.63) is 70.1 Å². The fourth-order valence-corrected chi connectivity index (χ4v) is 3.47. The molecule has 2 aromatic rings. The van der Waals surface area contributed by atoms with Gasteiger partial charge in [0.15, 0.2) is 5.96 Å². The highest BCUT2D eigenvalue weighted by Crippen LogP contribution is 2.09. The number of hydrogen-bond donors (Lipinski definition) is 2. The van der Waals surface area contributed by atoms with Crippen LogP contribution in [-0.2, 0) is 17.9 Å². The monoisotopic (exact) mass is 537 g/mol. The van der Waals surface area contributed by atoms with E-state index in [0.29, 0.717) is 19.5 Å². The lowest BCUT2D eigenvalue weighted by Crippen LogP contribution is -2.39. The van der Waals surface area contributed by atoms with Crippen LogP contribution < -0.4 is 16.2 Å². The van der Waals surface area contributed by atoms with Crippen LogP contribution in [0.4, 0.5) is 0 Å². The standard InChI is InChI=1S/C23H31N5O2.HI/c1-2-24-23(25-13-6-16-27-15-5-8-21(27)29)26-17-19-9-11-20(12-10-19)18-28-14-4-3-7-22(28)30;/h3-4,7,9-12,14H,2,5-6,8,13,15-18H2,1H3,(H2,24,25,26);1H. The summed E-state index contributed by atoms with van der Waals surface area (Å²) in [7, 11) is 0. The smallest absolute Gasteiger partial charge is 0.250 e. The Hall–Kier alpha value is -2.36. The molecule has 0 atom stereocenters. The summed E-state index contributed by atoms with van der Waals surface area (Å²) < 4.78 is 1.69. The third kappa shape index (κ3) is 8.01. The molecule has 1 aromatic carbocycles. The molecule has 0 unspecified atom stereocenters. The molecule has 1 aliphatic heterocycles. The van der Waals surface area contributed by atoms with Gasteiger partial charge in [0.25, 0.3) is 5.56 Å². The molecule has 7 nitrogen and oxygen atoms in total. The summed E-state index contributed by atoms with van der Waals surface area (Å²) in [6.45, 7) is 6.44. The zero-order valence-electron chi connectivity index (χ0n) is 18.0. The lowest BCUT2D eigenvalue weighted by Gasteiger charge is -2.16. The Labute approximate surface area is 201 Å². The van der Waals surface area contributed by atoms with Gasteiger partial charge in [0.05, 0.1) is 13.1 Å². The summed E-state index contributed by atoms with van der Waals surface area (Å²) in [5.74, 6) is 1.06. The van der Waals surface area contributed by atoms with Gasteiger partial charge in [-0.15, -0.1) is 24.0 Å². The molecule has 0 radical (unpaired) electrons. The molecule has 0 spiro atoms. The van der Waals surface area contributed by atoms with E-state index in [4.69, 9.17) is 0 Å². The summed E-state index contributed by atoms with van der Waals surface area (Å²) in [6.07, 6.45) is 4.38. The van der Waals surface area contributed by atoms with Crippen LogP contribution in [0.1, 0.15) is 37.3 Å². The van der Waals surface area contributed by atoms with E-state index < -0.39 is 0 Å². The first kappa shape index (κ1) is 24.9. The van der Waals surface area contributed by atoms with Gasteiger partial charge in [0.2, 0.25) is 5.91 Å². The summed E-state index contributed by atoms with van der Waals surface area (Å²) in [4.78, 5) is 30.1. The van der Waals surface area contributed by atoms with Crippen molar-refractivity contribution in [2.45, 2.75) is 39.3 Å². The first-order valence-electron chi connectivity index (χ1n) is 10.7. The summed E-state index contributed by atoms with van der Waals surface area (Å²) in [6, 6.07) is 13.4. The van der Waals surface area contributed by atoms with Crippen molar-refractivity contribution in [3.8, 4) is 0 Å². The van der Waals surface area contributed by atoms with E-state index in [-0.39, 0.29) is 35.4 Å². The summed E-state index contributed by atoms with van der Waals surface area (Å²) in [5, 5.41) is 6.60. The van der Waals surface area contributed by atoms with Gasteiger partial charge >= 0.3 is 0 Å². The average molecular weight is 537 g/mol. The normalized spacial score (nSPS) is 13.8. The number of carbonyl (C=O) groups excluding carboxylic acids is 1. The number of rotatable bonds is 9. The molecule has 8 heteroatoms. The van der Waals surface area contributed by atoms with Crippen LogP contribution in [0.3, 0.4) is 0 Å². The second kappa shape index (κ2) is 13.1. The van der Waals surface area contributed by atoms with Gasteiger partial charge < -0.3 is 20.1 Å². The van der Waals surface area contributed by atoms with Gasteiger partial charge in [-0.2, -0.15) is 0 Å². The molecule has 1 fully saturated rings. The summed E-state index contributed by atoms with van der Waals surface area (Å²) in [5.41, 5.74) is 2.19. The molecule has 1 aromatic heterocycles. The molecular formula is C23H32IN5O2. The number of halogens is 1. The van der Waals surface area contributed by atoms with Crippen LogP contribution in [0.2, 0.25) is 0 Å². The maximum Gasteiger partial charge on any atom is 0.250 e. The maximum atomic E-state index is 11.8. The van der Waals surface area contributed by atoms with Crippen molar-refractivity contribution >= 4 is 35.8 Å². The van der Waals surface area contributed by atoms with Gasteiger partial charge in [-0.05, 0) is 37.0 Å². The highest BCUT2D eigenvalue weighted by molar-refractivity contribution is 14.0. The molecule has 0 saturated carbocycles. The molecular weight excluding hydrogens is 505 g/mol. The molecule has 31 heavy (non-hydrogen) atoms. The lowest BCUT2D eigenvalue weighted by atomic mass is 10.1. The molecule has 2 heterocycles. The van der Waals surface area contributed by atoms with E-state index in [1.165, 1.54) is 0 Å². The number of guanidine groups is 1. The Balaban J connectivity index is 0.00000341. The minimum absolute atomic E-state index is 0. The van der Waals surface area contributed by atoms with Crippen molar-refractivity contribution in [1.82, 2.24) is 20.1 Å². The van der Waals surface area contributed by atoms with Gasteiger partial charge in [-0.3, -0.25) is 9.59 Å². The summed E-state index contributed by atoms with van der Waals surface area (Å²) >= 11 is 0. The van der Waals surface area contributed by atoms with E-state index in [9.17, 15) is 9.59 Å². The predicted octanol–water partition coefficient (Wildman–Crippen LogP) is 2.58. The van der Waals surface area contributed by atoms with Gasteiger partial charge in [0.1, 0.15) is 0 Å². The van der Waals surface area contributed by atoms with Crippen LogP contribution in [-0.4, -0.2) is 47.5 Å². The number of carbonyl (C=O) groups is 1. The van der Waals surface area contributed by atoms with E-state index in [1.807, 2.05) is 30.0 Å². The fraction of sp³-hybridized carbons (Fsp3) is 0.435. The van der Waals surface area contributed by atoms with E-state index in [0.717, 1.165) is 56.1 Å². The highest BCUT2D eigenvalue weighted by Gasteiger charge is 2.18. The topological polar surface area (TPSA) is 78.7 Å². The number of hydrogen-bond acceptors (Lipinski definition) is 3. The Morgan fingerprint density at radius 1 is 1.06 bits per heavy atom. The third-order valence-electron chi connectivity index (χ3n) is 5.11. The van der Waals surface area contributed by atoms with Crippen molar-refractivity contribution < 1.29 is 4.79 Å². The molecule has 2 N–H and O–H groups in total. The second-order valence-corrected chi connectivity index (χ2v) is 7.44. The molecule has 1 amide bonds. The SMILES string of the molecule is CCNC(=NCc1ccc(Cn2ccccc2=O)cc1)NCCCN1CCCC1=O.I. The molecule has 0 aliphatic carbocycles. The van der Waals surface area contributed by atoms with Gasteiger partial charge in [-0.1, -0.05) is 30.3 Å². The van der Waals surface area contributed by atoms with Crippen LogP contribution in [0, 0.1) is 0 Å². The number of nitrogens with one attached hydrogen (secondary N) is 2. The lowest BCUT2D eigenvalue weighted by molar-refractivity contribution is -0.127. The van der Waals surface area contributed by atoms with E-state index >= 15 is 0 Å².